The lowest BCUT2D eigenvalue weighted by Gasteiger charge is -2.03. The molecule has 0 saturated heterocycles. The lowest BCUT2D eigenvalue weighted by Crippen LogP contribution is -2.15. The molecule has 2 heterocycles. The fraction of sp³-hybridized carbons (Fsp3) is 0.100. The summed E-state index contributed by atoms with van der Waals surface area (Å²) in [5.74, 6) is -0.141. The van der Waals surface area contributed by atoms with Crippen molar-refractivity contribution >= 4 is 15.7 Å². The van der Waals surface area contributed by atoms with Crippen LogP contribution in [0, 0.1) is 0 Å². The average Bonchev–Trinajstić information content (AvgIpc) is 2.87. The van der Waals surface area contributed by atoms with Crippen LogP contribution in [0.5, 0.6) is 0 Å². The molecule has 0 bridgehead atoms. The van der Waals surface area contributed by atoms with E-state index < -0.39 is 9.84 Å². The van der Waals surface area contributed by atoms with E-state index in [0.29, 0.717) is 5.69 Å². The predicted molar refractivity (Wildman–Crippen MR) is 67.0 cm³/mol. The Morgan fingerprint density at radius 1 is 1.53 bits per heavy atom. The average molecular weight is 281 g/mol. The number of nitrogens with two attached hydrogens (primary N) is 1. The van der Waals surface area contributed by atoms with Gasteiger partial charge in [0.1, 0.15) is 10.6 Å². The molecule has 0 aliphatic heterocycles. The smallest absolute Gasteiger partial charge is 0.188 e. The topological polar surface area (TPSA) is 123 Å². The number of pyridine rings is 1. The Labute approximate surface area is 109 Å². The van der Waals surface area contributed by atoms with Crippen LogP contribution in [0.25, 0.3) is 5.69 Å². The summed E-state index contributed by atoms with van der Waals surface area (Å²) in [7, 11) is -3.31. The van der Waals surface area contributed by atoms with Gasteiger partial charge < -0.3 is 10.9 Å². The van der Waals surface area contributed by atoms with E-state index in [1.165, 1.54) is 29.3 Å². The predicted octanol–water partition coefficient (Wildman–Crippen LogP) is -0.235. The van der Waals surface area contributed by atoms with Crippen molar-refractivity contribution < 1.29 is 13.6 Å². The van der Waals surface area contributed by atoms with Crippen LogP contribution >= 0.6 is 0 Å². The third-order valence-corrected chi connectivity index (χ3v) is 3.43. The highest BCUT2D eigenvalue weighted by molar-refractivity contribution is 7.90. The number of hydrogen-bond acceptors (Lipinski definition) is 6. The molecule has 0 radical (unpaired) electrons. The first kappa shape index (κ1) is 13.0. The summed E-state index contributed by atoms with van der Waals surface area (Å²) in [6.07, 6.45) is 5.17. The zero-order valence-electron chi connectivity index (χ0n) is 9.92. The summed E-state index contributed by atoms with van der Waals surface area (Å²) in [6.45, 7) is 0. The Bertz CT molecular complexity index is 735. The summed E-state index contributed by atoms with van der Waals surface area (Å²) in [4.78, 5) is 4.02. The second kappa shape index (κ2) is 4.69. The third-order valence-electron chi connectivity index (χ3n) is 2.37. The minimum atomic E-state index is -3.31. The van der Waals surface area contributed by atoms with Crippen molar-refractivity contribution in [2.45, 2.75) is 4.90 Å². The van der Waals surface area contributed by atoms with E-state index in [-0.39, 0.29) is 16.4 Å². The van der Waals surface area contributed by atoms with E-state index in [1.54, 1.807) is 6.07 Å². The van der Waals surface area contributed by atoms with Crippen LogP contribution in [-0.2, 0) is 9.84 Å². The molecule has 0 atom stereocenters. The van der Waals surface area contributed by atoms with Crippen LogP contribution in [0.15, 0.2) is 40.8 Å². The first-order valence-electron chi connectivity index (χ1n) is 5.11. The highest BCUT2D eigenvalue weighted by Gasteiger charge is 2.11. The minimum Gasteiger partial charge on any atom is -0.409 e. The zero-order valence-corrected chi connectivity index (χ0v) is 10.7. The molecule has 9 heteroatoms. The minimum absolute atomic E-state index is 0.106. The molecular weight excluding hydrogens is 270 g/mol. The van der Waals surface area contributed by atoms with Crippen molar-refractivity contribution in [3.63, 3.8) is 0 Å². The largest absolute Gasteiger partial charge is 0.409 e. The fourth-order valence-electron chi connectivity index (χ4n) is 1.39. The molecule has 0 unspecified atom stereocenters. The highest BCUT2D eigenvalue weighted by atomic mass is 32.2. The SMILES string of the molecule is CS(=O)(=O)c1cnn(-c2ccnc(/C(N)=N/O)c2)c1. The van der Waals surface area contributed by atoms with Crippen molar-refractivity contribution in [1.82, 2.24) is 14.8 Å². The second-order valence-corrected chi connectivity index (χ2v) is 5.79. The van der Waals surface area contributed by atoms with Crippen molar-refractivity contribution in [2.75, 3.05) is 6.26 Å². The maximum atomic E-state index is 11.4. The van der Waals surface area contributed by atoms with Crippen molar-refractivity contribution in [1.29, 1.82) is 0 Å². The highest BCUT2D eigenvalue weighted by Crippen LogP contribution is 2.12. The van der Waals surface area contributed by atoms with Crippen LogP contribution in [0.3, 0.4) is 0 Å². The molecule has 0 amide bonds. The van der Waals surface area contributed by atoms with Crippen molar-refractivity contribution in [2.24, 2.45) is 10.9 Å². The molecule has 100 valence electrons. The van der Waals surface area contributed by atoms with Gasteiger partial charge in [0.2, 0.25) is 0 Å². The molecule has 0 aliphatic carbocycles. The van der Waals surface area contributed by atoms with Gasteiger partial charge in [0.25, 0.3) is 0 Å². The maximum absolute atomic E-state index is 11.4. The summed E-state index contributed by atoms with van der Waals surface area (Å²) in [5.41, 5.74) is 6.24. The molecule has 2 rings (SSSR count). The quantitative estimate of drug-likeness (QED) is 0.346. The first-order valence-corrected chi connectivity index (χ1v) is 7.00. The number of amidine groups is 1. The summed E-state index contributed by atoms with van der Waals surface area (Å²) < 4.78 is 24.1. The number of nitrogens with zero attached hydrogens (tertiary/aromatic N) is 4. The maximum Gasteiger partial charge on any atom is 0.188 e. The molecular formula is C10H11N5O3S. The molecule has 0 aromatic carbocycles. The lowest BCUT2D eigenvalue weighted by atomic mass is 10.3. The van der Waals surface area contributed by atoms with Gasteiger partial charge in [-0.2, -0.15) is 5.10 Å². The van der Waals surface area contributed by atoms with Crippen molar-refractivity contribution in [3.8, 4) is 5.69 Å². The van der Waals surface area contributed by atoms with Gasteiger partial charge in [-0.1, -0.05) is 5.16 Å². The van der Waals surface area contributed by atoms with Gasteiger partial charge in [-0.15, -0.1) is 0 Å². The number of oxime groups is 1. The Morgan fingerprint density at radius 2 is 2.26 bits per heavy atom. The second-order valence-electron chi connectivity index (χ2n) is 3.78. The Hall–Kier alpha value is -2.42. The van der Waals surface area contributed by atoms with E-state index in [4.69, 9.17) is 10.9 Å². The molecule has 3 N–H and O–H groups in total. The molecule has 0 aliphatic rings. The van der Waals surface area contributed by atoms with Crippen LogP contribution in [-0.4, -0.2) is 40.5 Å². The van der Waals surface area contributed by atoms with Crippen LogP contribution in [0.1, 0.15) is 5.69 Å². The third kappa shape index (κ3) is 2.71. The van der Waals surface area contributed by atoms with Gasteiger partial charge >= 0.3 is 0 Å². The monoisotopic (exact) mass is 281 g/mol. The van der Waals surface area contributed by atoms with E-state index in [9.17, 15) is 8.42 Å². The summed E-state index contributed by atoms with van der Waals surface area (Å²) >= 11 is 0. The van der Waals surface area contributed by atoms with E-state index in [2.05, 4.69) is 15.2 Å². The van der Waals surface area contributed by atoms with Crippen molar-refractivity contribution in [3.05, 3.63) is 36.4 Å². The van der Waals surface area contributed by atoms with E-state index in [0.717, 1.165) is 6.26 Å². The lowest BCUT2D eigenvalue weighted by molar-refractivity contribution is 0.318. The van der Waals surface area contributed by atoms with Crippen LogP contribution in [0.4, 0.5) is 0 Å². The summed E-state index contributed by atoms with van der Waals surface area (Å²) in [5, 5.41) is 15.4. The number of rotatable bonds is 3. The van der Waals surface area contributed by atoms with E-state index in [1.807, 2.05) is 0 Å². The Morgan fingerprint density at radius 3 is 2.84 bits per heavy atom. The van der Waals surface area contributed by atoms with Crippen LogP contribution < -0.4 is 5.73 Å². The number of aromatic nitrogens is 3. The molecule has 2 aromatic heterocycles. The fourth-order valence-corrected chi connectivity index (χ4v) is 1.92. The first-order chi connectivity index (χ1) is 8.91. The number of sulfone groups is 1. The molecule has 2 aromatic rings. The van der Waals surface area contributed by atoms with Gasteiger partial charge in [-0.25, -0.2) is 13.1 Å². The van der Waals surface area contributed by atoms with Gasteiger partial charge in [-0.3, -0.25) is 4.98 Å². The number of hydrogen-bond donors (Lipinski definition) is 2. The van der Waals surface area contributed by atoms with Gasteiger partial charge in [0.05, 0.1) is 11.9 Å². The standard InChI is InChI=1S/C10H11N5O3S/c1-19(17,18)8-5-13-15(6-8)7-2-3-12-9(4-7)10(11)14-16/h2-6,16H,1H3,(H2,11,14). The Balaban J connectivity index is 2.46. The van der Waals surface area contributed by atoms with Crippen LogP contribution in [0.2, 0.25) is 0 Å². The molecule has 0 saturated carbocycles. The van der Waals surface area contributed by atoms with Gasteiger partial charge in [-0.05, 0) is 12.1 Å². The summed E-state index contributed by atoms with van der Waals surface area (Å²) in [6, 6.07) is 3.14. The zero-order chi connectivity index (χ0) is 14.0. The normalized spacial score (nSPS) is 12.6. The molecule has 8 nitrogen and oxygen atoms in total. The van der Waals surface area contributed by atoms with E-state index >= 15 is 0 Å². The molecule has 0 fully saturated rings. The Kier molecular flexibility index (Phi) is 3.21. The van der Waals surface area contributed by atoms with Gasteiger partial charge in [0.15, 0.2) is 15.7 Å². The molecule has 0 spiro atoms. The van der Waals surface area contributed by atoms with Gasteiger partial charge in [0, 0.05) is 18.6 Å². The molecule has 19 heavy (non-hydrogen) atoms.